The van der Waals surface area contributed by atoms with E-state index in [4.69, 9.17) is 26.7 Å². The highest BCUT2D eigenvalue weighted by atomic mass is 32.2. The average Bonchev–Trinajstić information content (AvgIpc) is 4.21. The van der Waals surface area contributed by atoms with Gasteiger partial charge in [-0.05, 0) is 147 Å². The molecule has 72 heavy (non-hydrogen) atoms. The van der Waals surface area contributed by atoms with E-state index in [0.29, 0.717) is 89.4 Å². The summed E-state index contributed by atoms with van der Waals surface area (Å²) in [7, 11) is -16.2. The van der Waals surface area contributed by atoms with E-state index in [1.165, 1.54) is 48.5 Å². The molecule has 8 bridgehead atoms. The van der Waals surface area contributed by atoms with Gasteiger partial charge in [0.15, 0.2) is 0 Å². The zero-order valence-electron chi connectivity index (χ0n) is 39.1. The van der Waals surface area contributed by atoms with Gasteiger partial charge in [0.05, 0.1) is 68.8 Å². The lowest BCUT2D eigenvalue weighted by Gasteiger charge is -2.09. The monoisotopic (exact) mass is 1050 g/mol. The van der Waals surface area contributed by atoms with Crippen molar-refractivity contribution in [1.29, 1.82) is 0 Å². The molecule has 0 atom stereocenters. The predicted molar refractivity (Wildman–Crippen MR) is 276 cm³/mol. The van der Waals surface area contributed by atoms with E-state index >= 15 is 0 Å². The van der Waals surface area contributed by atoms with Gasteiger partial charge in [0.25, 0.3) is 40.5 Å². The summed E-state index contributed by atoms with van der Waals surface area (Å²) in [5, 5.41) is 0. The number of hydrogen-bond donors (Lipinski definition) is 2. The Balaban J connectivity index is 1.39. The molecule has 0 radical (unpaired) electrons. The number of benzene rings is 4. The SMILES string of the molecule is CCOS(=O)(=O)c1ccc(-c2c3nc(c(-c4ccc(S(=O)(=O)OCC)cc4)c4ccc([nH]4)c(-c4ccc(S(=O)(=O)OCC)cc4)c4nc(c(-c5ccc(S(=O)(=O)OCC)cc5)c5ccc2[nH]5)C=C4)C=C3)cc1. The quantitative estimate of drug-likeness (QED) is 0.0858. The van der Waals surface area contributed by atoms with Crippen molar-refractivity contribution in [3.63, 3.8) is 0 Å². The highest BCUT2D eigenvalue weighted by Crippen LogP contribution is 2.39. The minimum atomic E-state index is -4.04. The summed E-state index contributed by atoms with van der Waals surface area (Å²) in [5.41, 5.74) is 8.98. The van der Waals surface area contributed by atoms with E-state index in [1.807, 2.05) is 48.6 Å². The van der Waals surface area contributed by atoms with Crippen LogP contribution in [0, 0.1) is 0 Å². The Labute approximate surface area is 417 Å². The van der Waals surface area contributed by atoms with E-state index in [-0.39, 0.29) is 46.0 Å². The van der Waals surface area contributed by atoms with Crippen LogP contribution >= 0.6 is 0 Å². The zero-order chi connectivity index (χ0) is 51.0. The van der Waals surface area contributed by atoms with Gasteiger partial charge >= 0.3 is 0 Å². The summed E-state index contributed by atoms with van der Waals surface area (Å²) in [6.07, 6.45) is 7.31. The minimum Gasteiger partial charge on any atom is -0.354 e. The molecule has 0 fully saturated rings. The average molecular weight is 1050 g/mol. The number of H-pyrrole nitrogens is 2. The summed E-state index contributed by atoms with van der Waals surface area (Å²) in [4.78, 5) is 17.4. The Hall–Kier alpha value is -6.88. The molecule has 7 aromatic rings. The summed E-state index contributed by atoms with van der Waals surface area (Å²) < 4.78 is 124. The van der Waals surface area contributed by atoms with Gasteiger partial charge in [-0.15, -0.1) is 0 Å². The molecule has 2 aliphatic heterocycles. The van der Waals surface area contributed by atoms with Gasteiger partial charge in [0, 0.05) is 44.3 Å². The third-order valence-corrected chi connectivity index (χ3v) is 17.2. The van der Waals surface area contributed by atoms with Gasteiger partial charge in [-0.3, -0.25) is 16.7 Å². The van der Waals surface area contributed by atoms with Gasteiger partial charge < -0.3 is 9.97 Å². The van der Waals surface area contributed by atoms with Crippen molar-refractivity contribution in [3.05, 3.63) is 144 Å². The Morgan fingerprint density at radius 3 is 0.694 bits per heavy atom. The second kappa shape index (κ2) is 20.0. The van der Waals surface area contributed by atoms with Crippen LogP contribution in [-0.2, 0) is 57.2 Å². The molecule has 5 heterocycles. The van der Waals surface area contributed by atoms with Crippen LogP contribution in [0.4, 0.5) is 0 Å². The van der Waals surface area contributed by atoms with E-state index in [9.17, 15) is 33.7 Å². The topological polar surface area (TPSA) is 231 Å². The standard InChI is InChI=1S/C52H46N4O12S4/c1-5-65-69(57,58)37-17-9-33(10-18-37)49-41-25-27-43(53-41)50(34-11-19-38(20-12-34)70(59,60)66-6-2)45-29-31-47(55-45)52(36-15-23-40(24-16-36)72(63,64)68-8-4)48-32-30-46(56-48)51(44-28-26-42(49)54-44)35-13-21-39(22-14-35)71(61,62)67-7-3/h9-32,53,56H,5-8H2,1-4H3. The summed E-state index contributed by atoms with van der Waals surface area (Å²) in [5.74, 6) is 0. The van der Waals surface area contributed by atoms with Crippen LogP contribution in [0.3, 0.4) is 0 Å². The third-order valence-electron chi connectivity index (χ3n) is 11.6. The Kier molecular flexibility index (Phi) is 13.9. The minimum absolute atomic E-state index is 0.0376. The fourth-order valence-electron chi connectivity index (χ4n) is 8.47. The first kappa shape index (κ1) is 50.1. The normalized spacial score (nSPS) is 12.9. The van der Waals surface area contributed by atoms with Crippen LogP contribution in [0.25, 0.3) is 90.9 Å². The second-order valence-electron chi connectivity index (χ2n) is 16.0. The van der Waals surface area contributed by atoms with Crippen molar-refractivity contribution in [3.8, 4) is 44.5 Å². The molecule has 16 nitrogen and oxygen atoms in total. The summed E-state index contributed by atoms with van der Waals surface area (Å²) >= 11 is 0. The van der Waals surface area contributed by atoms with E-state index in [2.05, 4.69) is 9.97 Å². The van der Waals surface area contributed by atoms with E-state index in [0.717, 1.165) is 0 Å². The van der Waals surface area contributed by atoms with Crippen LogP contribution in [-0.4, -0.2) is 80.0 Å². The van der Waals surface area contributed by atoms with Crippen molar-refractivity contribution in [2.45, 2.75) is 47.3 Å². The number of aromatic amines is 2. The second-order valence-corrected chi connectivity index (χ2v) is 22.5. The van der Waals surface area contributed by atoms with Crippen LogP contribution in [0.5, 0.6) is 0 Å². The molecular weight excluding hydrogens is 1000 g/mol. The number of nitrogens with zero attached hydrogens (tertiary/aromatic N) is 2. The lowest BCUT2D eigenvalue weighted by molar-refractivity contribution is 0.337. The molecule has 0 saturated carbocycles. The molecule has 20 heteroatoms. The lowest BCUT2D eigenvalue weighted by Crippen LogP contribution is -2.05. The van der Waals surface area contributed by atoms with Crippen LogP contribution < -0.4 is 0 Å². The van der Waals surface area contributed by atoms with Crippen molar-refractivity contribution in [2.24, 2.45) is 0 Å². The van der Waals surface area contributed by atoms with Gasteiger partial charge in [0.1, 0.15) is 0 Å². The Morgan fingerprint density at radius 1 is 0.319 bits per heavy atom. The molecule has 9 rings (SSSR count). The maximum atomic E-state index is 13.0. The van der Waals surface area contributed by atoms with Crippen LogP contribution in [0.1, 0.15) is 50.5 Å². The summed E-state index contributed by atoms with van der Waals surface area (Å²) in [6.45, 7) is 6.17. The van der Waals surface area contributed by atoms with Gasteiger partial charge in [-0.1, -0.05) is 48.5 Å². The largest absolute Gasteiger partial charge is 0.354 e. The Morgan fingerprint density at radius 2 is 0.514 bits per heavy atom. The summed E-state index contributed by atoms with van der Waals surface area (Å²) in [6, 6.07) is 32.4. The molecule has 0 amide bonds. The molecule has 0 unspecified atom stereocenters. The lowest BCUT2D eigenvalue weighted by atomic mass is 10.0. The highest BCUT2D eigenvalue weighted by molar-refractivity contribution is 7.87. The molecule has 4 aromatic carbocycles. The molecule has 0 spiro atoms. The molecule has 3 aromatic heterocycles. The van der Waals surface area contributed by atoms with Gasteiger partial charge in [0.2, 0.25) is 0 Å². The third kappa shape index (κ3) is 9.87. The molecule has 370 valence electrons. The number of rotatable bonds is 16. The smallest absolute Gasteiger partial charge is 0.296 e. The first-order valence-electron chi connectivity index (χ1n) is 22.6. The number of aromatic nitrogens is 4. The maximum absolute atomic E-state index is 13.0. The van der Waals surface area contributed by atoms with Crippen molar-refractivity contribution in [1.82, 2.24) is 19.9 Å². The number of nitrogens with one attached hydrogen (secondary N) is 2. The highest BCUT2D eigenvalue weighted by Gasteiger charge is 2.23. The Bertz CT molecular complexity index is 3430. The number of hydrogen-bond acceptors (Lipinski definition) is 14. The van der Waals surface area contributed by atoms with Crippen molar-refractivity contribution < 1.29 is 50.4 Å². The first-order chi connectivity index (χ1) is 34.5. The van der Waals surface area contributed by atoms with Gasteiger partial charge in [-0.25, -0.2) is 9.97 Å². The fraction of sp³-hybridized carbons (Fsp3) is 0.154. The van der Waals surface area contributed by atoms with Crippen LogP contribution in [0.2, 0.25) is 0 Å². The molecule has 0 aliphatic carbocycles. The maximum Gasteiger partial charge on any atom is 0.296 e. The fourth-order valence-corrected chi connectivity index (χ4v) is 12.1. The van der Waals surface area contributed by atoms with Crippen LogP contribution in [0.15, 0.2) is 141 Å². The molecule has 2 aliphatic rings. The zero-order valence-corrected chi connectivity index (χ0v) is 42.4. The molecule has 2 N–H and O–H groups in total. The van der Waals surface area contributed by atoms with Gasteiger partial charge in [-0.2, -0.15) is 33.7 Å². The molecule has 0 saturated heterocycles. The molecular formula is C52H46N4O12S4. The van der Waals surface area contributed by atoms with E-state index in [1.54, 1.807) is 76.2 Å². The van der Waals surface area contributed by atoms with Crippen molar-refractivity contribution in [2.75, 3.05) is 26.4 Å². The van der Waals surface area contributed by atoms with Crippen molar-refractivity contribution >= 4 is 86.8 Å². The van der Waals surface area contributed by atoms with E-state index < -0.39 is 40.5 Å². The first-order valence-corrected chi connectivity index (χ1v) is 28.3. The predicted octanol–water partition coefficient (Wildman–Crippen LogP) is 10.2. The number of fused-ring (bicyclic) bond motifs is 8.